The Morgan fingerprint density at radius 2 is 1.93 bits per heavy atom. The number of hydrogen-bond acceptors (Lipinski definition) is 5. The standard InChI is InChI=1S/C21H24N2O4/c1-4-26-20(25)21(2,3)27-18-10-7-16(8-11-18)9-12-19(24)23-15-17-6-5-13-22-14-17/h5-14H,4,15H2,1-3H3,(H,23,24)/b12-9+. The highest BCUT2D eigenvalue weighted by molar-refractivity contribution is 5.91. The zero-order chi connectivity index (χ0) is 19.7. The van der Waals surface area contributed by atoms with Crippen molar-refractivity contribution in [2.45, 2.75) is 32.9 Å². The Morgan fingerprint density at radius 1 is 1.19 bits per heavy atom. The summed E-state index contributed by atoms with van der Waals surface area (Å²) in [4.78, 5) is 27.8. The van der Waals surface area contributed by atoms with E-state index in [1.54, 1.807) is 51.4 Å². The third-order valence-electron chi connectivity index (χ3n) is 3.64. The van der Waals surface area contributed by atoms with Crippen LogP contribution in [-0.4, -0.2) is 29.1 Å². The third kappa shape index (κ3) is 6.58. The number of carbonyl (C=O) groups excluding carboxylic acids is 2. The molecule has 0 spiro atoms. The molecule has 0 saturated heterocycles. The second-order valence-corrected chi connectivity index (χ2v) is 6.31. The fraction of sp³-hybridized carbons (Fsp3) is 0.286. The molecule has 0 aliphatic rings. The van der Waals surface area contributed by atoms with Crippen LogP contribution < -0.4 is 10.1 Å². The van der Waals surface area contributed by atoms with Crippen molar-refractivity contribution in [1.29, 1.82) is 0 Å². The van der Waals surface area contributed by atoms with Crippen molar-refractivity contribution in [3.63, 3.8) is 0 Å². The monoisotopic (exact) mass is 368 g/mol. The average Bonchev–Trinajstić information content (AvgIpc) is 2.66. The van der Waals surface area contributed by atoms with E-state index < -0.39 is 11.6 Å². The summed E-state index contributed by atoms with van der Waals surface area (Å²) in [5.74, 6) is -0.0619. The fourth-order valence-electron chi connectivity index (χ4n) is 2.21. The lowest BCUT2D eigenvalue weighted by atomic mass is 10.1. The van der Waals surface area contributed by atoms with E-state index in [0.717, 1.165) is 11.1 Å². The highest BCUT2D eigenvalue weighted by Gasteiger charge is 2.31. The van der Waals surface area contributed by atoms with Gasteiger partial charge in [-0.15, -0.1) is 0 Å². The molecule has 0 fully saturated rings. The van der Waals surface area contributed by atoms with Crippen molar-refractivity contribution < 1.29 is 19.1 Å². The third-order valence-corrected chi connectivity index (χ3v) is 3.64. The van der Waals surface area contributed by atoms with Crippen molar-refractivity contribution in [3.05, 3.63) is 66.0 Å². The van der Waals surface area contributed by atoms with E-state index in [4.69, 9.17) is 9.47 Å². The van der Waals surface area contributed by atoms with E-state index in [9.17, 15) is 9.59 Å². The van der Waals surface area contributed by atoms with Gasteiger partial charge in [-0.3, -0.25) is 9.78 Å². The zero-order valence-electron chi connectivity index (χ0n) is 15.8. The predicted molar refractivity (Wildman–Crippen MR) is 103 cm³/mol. The molecule has 1 aromatic carbocycles. The number of nitrogens with one attached hydrogen (secondary N) is 1. The molecule has 0 radical (unpaired) electrons. The molecule has 0 bridgehead atoms. The van der Waals surface area contributed by atoms with Gasteiger partial charge in [-0.05, 0) is 56.2 Å². The molecule has 0 unspecified atom stereocenters. The quantitative estimate of drug-likeness (QED) is 0.572. The highest BCUT2D eigenvalue weighted by atomic mass is 16.6. The van der Waals surface area contributed by atoms with Gasteiger partial charge in [0.25, 0.3) is 0 Å². The lowest BCUT2D eigenvalue weighted by Gasteiger charge is -2.24. The Morgan fingerprint density at radius 3 is 2.56 bits per heavy atom. The molecule has 1 aromatic heterocycles. The summed E-state index contributed by atoms with van der Waals surface area (Å²) in [5.41, 5.74) is 0.706. The first kappa shape index (κ1) is 20.2. The van der Waals surface area contributed by atoms with Gasteiger partial charge in [0.1, 0.15) is 5.75 Å². The van der Waals surface area contributed by atoms with Crippen LogP contribution in [0.25, 0.3) is 6.08 Å². The second-order valence-electron chi connectivity index (χ2n) is 6.31. The van der Waals surface area contributed by atoms with E-state index in [1.807, 2.05) is 24.3 Å². The molecule has 1 amide bonds. The lowest BCUT2D eigenvalue weighted by molar-refractivity contribution is -0.158. The second kappa shape index (κ2) is 9.52. The number of nitrogens with zero attached hydrogens (tertiary/aromatic N) is 1. The Kier molecular flexibility index (Phi) is 7.11. The first-order valence-corrected chi connectivity index (χ1v) is 8.72. The molecule has 1 N–H and O–H groups in total. The SMILES string of the molecule is CCOC(=O)C(C)(C)Oc1ccc(/C=C/C(=O)NCc2cccnc2)cc1. The zero-order valence-corrected chi connectivity index (χ0v) is 15.8. The van der Waals surface area contributed by atoms with Gasteiger partial charge in [0.2, 0.25) is 5.91 Å². The molecule has 0 aliphatic carbocycles. The number of hydrogen-bond donors (Lipinski definition) is 1. The number of esters is 1. The Bertz CT molecular complexity index is 784. The van der Waals surface area contributed by atoms with Crippen LogP contribution in [0.3, 0.4) is 0 Å². The minimum Gasteiger partial charge on any atom is -0.476 e. The number of rotatable bonds is 8. The molecule has 6 nitrogen and oxygen atoms in total. The van der Waals surface area contributed by atoms with Crippen LogP contribution in [0.5, 0.6) is 5.75 Å². The molecule has 0 atom stereocenters. The minimum absolute atomic E-state index is 0.192. The summed E-state index contributed by atoms with van der Waals surface area (Å²) in [5, 5.41) is 2.79. The molecule has 142 valence electrons. The predicted octanol–water partition coefficient (Wildman–Crippen LogP) is 3.13. The number of carbonyl (C=O) groups is 2. The van der Waals surface area contributed by atoms with Gasteiger partial charge in [-0.25, -0.2) is 4.79 Å². The van der Waals surface area contributed by atoms with Gasteiger partial charge in [-0.1, -0.05) is 18.2 Å². The van der Waals surface area contributed by atoms with Crippen LogP contribution in [0.1, 0.15) is 31.9 Å². The van der Waals surface area contributed by atoms with Crippen LogP contribution in [0.4, 0.5) is 0 Å². The summed E-state index contributed by atoms with van der Waals surface area (Å²) in [6, 6.07) is 10.8. The van der Waals surface area contributed by atoms with Crippen molar-refractivity contribution in [1.82, 2.24) is 10.3 Å². The number of amides is 1. The largest absolute Gasteiger partial charge is 0.476 e. The van der Waals surface area contributed by atoms with Crippen LogP contribution in [0.15, 0.2) is 54.9 Å². The maximum Gasteiger partial charge on any atom is 0.349 e. The molecule has 27 heavy (non-hydrogen) atoms. The number of pyridine rings is 1. The molecule has 6 heteroatoms. The van der Waals surface area contributed by atoms with Gasteiger partial charge in [0.15, 0.2) is 5.60 Å². The summed E-state index contributed by atoms with van der Waals surface area (Å²) < 4.78 is 10.7. The average molecular weight is 368 g/mol. The highest BCUT2D eigenvalue weighted by Crippen LogP contribution is 2.20. The van der Waals surface area contributed by atoms with Gasteiger partial charge < -0.3 is 14.8 Å². The van der Waals surface area contributed by atoms with Crippen molar-refractivity contribution in [2.75, 3.05) is 6.61 Å². The van der Waals surface area contributed by atoms with E-state index in [-0.39, 0.29) is 5.91 Å². The molecule has 0 saturated carbocycles. The van der Waals surface area contributed by atoms with Gasteiger partial charge in [0.05, 0.1) is 6.61 Å². The maximum atomic E-state index is 11.9. The van der Waals surface area contributed by atoms with E-state index in [2.05, 4.69) is 10.3 Å². The number of benzene rings is 1. The molecular formula is C21H24N2O4. The first-order chi connectivity index (χ1) is 12.9. The Labute approximate surface area is 159 Å². The topological polar surface area (TPSA) is 77.5 Å². The van der Waals surface area contributed by atoms with Gasteiger partial charge in [-0.2, -0.15) is 0 Å². The number of aromatic nitrogens is 1. The number of ether oxygens (including phenoxy) is 2. The van der Waals surface area contributed by atoms with E-state index in [0.29, 0.717) is 18.9 Å². The van der Waals surface area contributed by atoms with Crippen molar-refractivity contribution >= 4 is 18.0 Å². The van der Waals surface area contributed by atoms with Crippen LogP contribution in [0.2, 0.25) is 0 Å². The minimum atomic E-state index is -1.07. The molecule has 0 aliphatic heterocycles. The van der Waals surface area contributed by atoms with Gasteiger partial charge >= 0.3 is 5.97 Å². The van der Waals surface area contributed by atoms with Crippen molar-refractivity contribution in [3.8, 4) is 5.75 Å². The normalized spacial score (nSPS) is 11.2. The van der Waals surface area contributed by atoms with Crippen LogP contribution in [-0.2, 0) is 20.9 Å². The summed E-state index contributed by atoms with van der Waals surface area (Å²) in [6.45, 7) is 5.80. The maximum absolute atomic E-state index is 11.9. The van der Waals surface area contributed by atoms with Crippen LogP contribution >= 0.6 is 0 Å². The molecule has 2 rings (SSSR count). The molecular weight excluding hydrogens is 344 g/mol. The molecule has 1 heterocycles. The van der Waals surface area contributed by atoms with E-state index >= 15 is 0 Å². The first-order valence-electron chi connectivity index (χ1n) is 8.72. The summed E-state index contributed by atoms with van der Waals surface area (Å²) in [7, 11) is 0. The smallest absolute Gasteiger partial charge is 0.349 e. The van der Waals surface area contributed by atoms with Crippen molar-refractivity contribution in [2.24, 2.45) is 0 Å². The van der Waals surface area contributed by atoms with E-state index in [1.165, 1.54) is 6.08 Å². The Balaban J connectivity index is 1.88. The lowest BCUT2D eigenvalue weighted by Crippen LogP contribution is -2.39. The molecule has 2 aromatic rings. The van der Waals surface area contributed by atoms with Gasteiger partial charge in [0, 0.05) is 25.0 Å². The summed E-state index contributed by atoms with van der Waals surface area (Å²) in [6.07, 6.45) is 6.57. The summed E-state index contributed by atoms with van der Waals surface area (Å²) >= 11 is 0. The fourth-order valence-corrected chi connectivity index (χ4v) is 2.21. The Hall–Kier alpha value is -3.15. The van der Waals surface area contributed by atoms with Crippen LogP contribution in [0, 0.1) is 0 Å².